The van der Waals surface area contributed by atoms with E-state index in [0.717, 1.165) is 17.1 Å². The van der Waals surface area contributed by atoms with Gasteiger partial charge in [0.15, 0.2) is 11.9 Å². The number of nitrogens with two attached hydrogens (primary N) is 1. The van der Waals surface area contributed by atoms with Crippen LogP contribution >= 0.6 is 0 Å². The topological polar surface area (TPSA) is 106 Å². The van der Waals surface area contributed by atoms with E-state index < -0.39 is 24.0 Å². The monoisotopic (exact) mass is 424 g/mol. The van der Waals surface area contributed by atoms with E-state index in [0.29, 0.717) is 18.0 Å². The number of imidazole rings is 1. The van der Waals surface area contributed by atoms with Gasteiger partial charge < -0.3 is 34.9 Å². The maximum atomic E-state index is 11.7. The zero-order chi connectivity index (χ0) is 22.0. The number of methoxy groups -OCH3 is 2. The van der Waals surface area contributed by atoms with E-state index in [-0.39, 0.29) is 0 Å². The molecule has 0 aliphatic carbocycles. The van der Waals surface area contributed by atoms with Crippen molar-refractivity contribution < 1.29 is 19.3 Å². The van der Waals surface area contributed by atoms with Crippen molar-refractivity contribution in [3.05, 3.63) is 72.3 Å². The van der Waals surface area contributed by atoms with Gasteiger partial charge in [-0.2, -0.15) is 0 Å². The quantitative estimate of drug-likeness (QED) is 0.396. The Bertz CT molecular complexity index is 994. The van der Waals surface area contributed by atoms with E-state index in [2.05, 4.69) is 14.9 Å². The Morgan fingerprint density at radius 3 is 2.61 bits per heavy atom. The molecule has 8 heteroatoms. The molecule has 4 N–H and O–H groups in total. The van der Waals surface area contributed by atoms with Crippen molar-refractivity contribution in [2.75, 3.05) is 24.9 Å². The smallest absolute Gasteiger partial charge is 0.199 e. The van der Waals surface area contributed by atoms with Crippen molar-refractivity contribution in [1.29, 1.82) is 0 Å². The number of fused-ring (bicyclic) bond motifs is 1. The third kappa shape index (κ3) is 3.85. The standard InChI is InChI=1S/C23H28N4O4/c1-23(22(29-2)30-3)21(28)20(17-13-15(24)9-10-18(17)31-23)27(14-19-25-11-12-26-19)16-7-5-4-6-8-16/h4-13,20-22,28H,14,24H2,1-3H3,(H,25,26)/t20-,21+,23+/m0/s1. The van der Waals surface area contributed by atoms with Crippen LogP contribution in [0.5, 0.6) is 5.75 Å². The maximum Gasteiger partial charge on any atom is 0.199 e. The Morgan fingerprint density at radius 1 is 1.23 bits per heavy atom. The van der Waals surface area contributed by atoms with Gasteiger partial charge in [-0.05, 0) is 37.3 Å². The van der Waals surface area contributed by atoms with Crippen LogP contribution in [0.1, 0.15) is 24.4 Å². The Labute approximate surface area is 181 Å². The van der Waals surface area contributed by atoms with Gasteiger partial charge in [-0.25, -0.2) is 4.98 Å². The van der Waals surface area contributed by atoms with E-state index in [1.165, 1.54) is 14.2 Å². The summed E-state index contributed by atoms with van der Waals surface area (Å²) in [5.74, 6) is 1.39. The lowest BCUT2D eigenvalue weighted by molar-refractivity contribution is -0.237. The highest BCUT2D eigenvalue weighted by atomic mass is 16.7. The number of aromatic nitrogens is 2. The summed E-state index contributed by atoms with van der Waals surface area (Å²) in [5, 5.41) is 11.7. The van der Waals surface area contributed by atoms with Crippen LogP contribution in [0.4, 0.5) is 11.4 Å². The van der Waals surface area contributed by atoms with E-state index >= 15 is 0 Å². The molecule has 0 fully saturated rings. The summed E-state index contributed by atoms with van der Waals surface area (Å²) in [7, 11) is 3.06. The van der Waals surface area contributed by atoms with Crippen LogP contribution in [0.25, 0.3) is 0 Å². The minimum Gasteiger partial charge on any atom is -0.479 e. The molecule has 0 unspecified atom stereocenters. The summed E-state index contributed by atoms with van der Waals surface area (Å²) in [4.78, 5) is 9.64. The summed E-state index contributed by atoms with van der Waals surface area (Å²) >= 11 is 0. The molecule has 0 saturated carbocycles. The molecule has 2 aromatic carbocycles. The second kappa shape index (κ2) is 8.58. The lowest BCUT2D eigenvalue weighted by Crippen LogP contribution is -2.62. The van der Waals surface area contributed by atoms with Crippen molar-refractivity contribution in [2.45, 2.75) is 37.5 Å². The lowest BCUT2D eigenvalue weighted by Gasteiger charge is -2.50. The molecule has 2 heterocycles. The van der Waals surface area contributed by atoms with Crippen molar-refractivity contribution in [3.8, 4) is 5.75 Å². The molecular formula is C23H28N4O4. The Hall–Kier alpha value is -3.07. The minimum absolute atomic E-state index is 0.438. The summed E-state index contributed by atoms with van der Waals surface area (Å²) in [6.45, 7) is 2.23. The van der Waals surface area contributed by atoms with Crippen LogP contribution < -0.4 is 15.4 Å². The zero-order valence-electron chi connectivity index (χ0n) is 17.9. The van der Waals surface area contributed by atoms with Crippen molar-refractivity contribution >= 4 is 11.4 Å². The number of nitrogen functional groups attached to an aromatic ring is 1. The fraction of sp³-hybridized carbons (Fsp3) is 0.348. The van der Waals surface area contributed by atoms with Gasteiger partial charge in [-0.1, -0.05) is 18.2 Å². The van der Waals surface area contributed by atoms with Crippen molar-refractivity contribution in [1.82, 2.24) is 9.97 Å². The number of aliphatic hydroxyl groups excluding tert-OH is 1. The highest BCUT2D eigenvalue weighted by molar-refractivity contribution is 5.57. The molecule has 4 rings (SSSR count). The molecule has 3 aromatic rings. The van der Waals surface area contributed by atoms with Gasteiger partial charge in [0.1, 0.15) is 17.7 Å². The SMILES string of the molecule is COC(OC)[C@]1(C)Oc2ccc(N)cc2[C@H](N(Cc2ncc[nH]2)c2ccccc2)[C@H]1O. The van der Waals surface area contributed by atoms with Gasteiger partial charge in [-0.15, -0.1) is 0 Å². The molecule has 1 aromatic heterocycles. The Balaban J connectivity index is 1.88. The number of ether oxygens (including phenoxy) is 3. The van der Waals surface area contributed by atoms with E-state index in [4.69, 9.17) is 19.9 Å². The van der Waals surface area contributed by atoms with Crippen LogP contribution in [0.3, 0.4) is 0 Å². The van der Waals surface area contributed by atoms with Gasteiger partial charge >= 0.3 is 0 Å². The van der Waals surface area contributed by atoms with Gasteiger partial charge in [-0.3, -0.25) is 0 Å². The number of anilines is 2. The van der Waals surface area contributed by atoms with Crippen LogP contribution in [0.15, 0.2) is 60.9 Å². The fourth-order valence-corrected chi connectivity index (χ4v) is 4.28. The third-order valence-electron chi connectivity index (χ3n) is 5.76. The summed E-state index contributed by atoms with van der Waals surface area (Å²) < 4.78 is 17.3. The van der Waals surface area contributed by atoms with E-state index in [1.54, 1.807) is 25.4 Å². The van der Waals surface area contributed by atoms with E-state index in [1.807, 2.05) is 42.5 Å². The molecule has 0 amide bonds. The first-order chi connectivity index (χ1) is 15.0. The Morgan fingerprint density at radius 2 is 1.97 bits per heavy atom. The molecule has 0 radical (unpaired) electrons. The molecule has 0 bridgehead atoms. The van der Waals surface area contributed by atoms with Crippen LogP contribution in [0, 0.1) is 0 Å². The number of nitrogens with one attached hydrogen (secondary N) is 1. The average molecular weight is 425 g/mol. The third-order valence-corrected chi connectivity index (χ3v) is 5.76. The molecule has 8 nitrogen and oxygen atoms in total. The van der Waals surface area contributed by atoms with Crippen LogP contribution in [-0.2, 0) is 16.0 Å². The largest absolute Gasteiger partial charge is 0.479 e. The lowest BCUT2D eigenvalue weighted by atomic mass is 9.83. The number of para-hydroxylation sites is 1. The summed E-state index contributed by atoms with van der Waals surface area (Å²) in [6.07, 6.45) is 1.68. The first kappa shape index (κ1) is 21.2. The Kier molecular flexibility index (Phi) is 5.86. The van der Waals surface area contributed by atoms with Crippen molar-refractivity contribution in [3.63, 3.8) is 0 Å². The second-order valence-corrected chi connectivity index (χ2v) is 7.78. The number of rotatable bonds is 7. The minimum atomic E-state index is -1.17. The molecule has 3 atom stereocenters. The molecule has 0 saturated heterocycles. The maximum absolute atomic E-state index is 11.7. The van der Waals surface area contributed by atoms with Gasteiger partial charge in [0, 0.05) is 43.6 Å². The van der Waals surface area contributed by atoms with Crippen LogP contribution in [0.2, 0.25) is 0 Å². The molecule has 164 valence electrons. The number of hydrogen-bond acceptors (Lipinski definition) is 7. The summed E-state index contributed by atoms with van der Waals surface area (Å²) in [5.41, 5.74) is 7.24. The first-order valence-corrected chi connectivity index (χ1v) is 10.1. The number of nitrogens with zero attached hydrogens (tertiary/aromatic N) is 2. The number of aromatic amines is 1. The van der Waals surface area contributed by atoms with Gasteiger partial charge in [0.25, 0.3) is 0 Å². The predicted molar refractivity (Wildman–Crippen MR) is 118 cm³/mol. The number of hydrogen-bond donors (Lipinski definition) is 3. The average Bonchev–Trinajstić information content (AvgIpc) is 3.29. The molecule has 1 aliphatic rings. The number of benzene rings is 2. The molecule has 31 heavy (non-hydrogen) atoms. The normalized spacial score (nSPS) is 22.7. The molecular weight excluding hydrogens is 396 g/mol. The fourth-order valence-electron chi connectivity index (χ4n) is 4.28. The van der Waals surface area contributed by atoms with Gasteiger partial charge in [0.05, 0.1) is 12.6 Å². The van der Waals surface area contributed by atoms with Gasteiger partial charge in [0.2, 0.25) is 0 Å². The van der Waals surface area contributed by atoms with E-state index in [9.17, 15) is 5.11 Å². The highest BCUT2D eigenvalue weighted by Gasteiger charge is 2.53. The second-order valence-electron chi connectivity index (χ2n) is 7.78. The predicted octanol–water partition coefficient (Wildman–Crippen LogP) is 2.87. The molecule has 1 aliphatic heterocycles. The van der Waals surface area contributed by atoms with Crippen molar-refractivity contribution in [2.24, 2.45) is 0 Å². The zero-order valence-corrected chi connectivity index (χ0v) is 17.9. The van der Waals surface area contributed by atoms with Crippen LogP contribution in [-0.4, -0.2) is 47.3 Å². The highest BCUT2D eigenvalue weighted by Crippen LogP contribution is 2.47. The first-order valence-electron chi connectivity index (χ1n) is 10.1. The molecule has 0 spiro atoms. The number of aliphatic hydroxyl groups is 1. The summed E-state index contributed by atoms with van der Waals surface area (Å²) in [6, 6.07) is 14.8. The number of H-pyrrole nitrogens is 1.